The Bertz CT molecular complexity index is 914. The van der Waals surface area contributed by atoms with Crippen LogP contribution in [0.3, 0.4) is 0 Å². The predicted octanol–water partition coefficient (Wildman–Crippen LogP) is 5.06. The number of carbonyl (C=O) groups excluding carboxylic acids is 1. The van der Waals surface area contributed by atoms with Crippen molar-refractivity contribution in [3.05, 3.63) is 54.6 Å². The Morgan fingerprint density at radius 1 is 0.867 bits per heavy atom. The highest BCUT2D eigenvalue weighted by molar-refractivity contribution is 7.87. The first-order chi connectivity index (χ1) is 14.5. The topological polar surface area (TPSA) is 66.9 Å². The number of anilines is 1. The van der Waals surface area contributed by atoms with Gasteiger partial charge in [0.1, 0.15) is 10.6 Å². The molecule has 0 saturated carbocycles. The lowest BCUT2D eigenvalue weighted by Crippen LogP contribution is -2.32. The third-order valence-corrected chi connectivity index (χ3v) is 6.52. The van der Waals surface area contributed by atoms with Gasteiger partial charge in [-0.05, 0) is 42.8 Å². The Kier molecular flexibility index (Phi) is 7.74. The van der Waals surface area contributed by atoms with Gasteiger partial charge in [-0.3, -0.25) is 4.90 Å². The molecule has 2 aromatic rings. The van der Waals surface area contributed by atoms with E-state index in [-0.39, 0.29) is 16.7 Å². The zero-order chi connectivity index (χ0) is 21.4. The van der Waals surface area contributed by atoms with Crippen LogP contribution in [0.4, 0.5) is 10.5 Å². The van der Waals surface area contributed by atoms with Gasteiger partial charge in [0.25, 0.3) is 0 Å². The van der Waals surface area contributed by atoms with Gasteiger partial charge in [0.15, 0.2) is 0 Å². The first kappa shape index (κ1) is 22.2. The average molecular weight is 431 g/mol. The summed E-state index contributed by atoms with van der Waals surface area (Å²) in [6, 6.07) is 14.7. The molecule has 0 aromatic heterocycles. The van der Waals surface area contributed by atoms with Crippen LogP contribution in [0.2, 0.25) is 0 Å². The molecular formula is C23H30N2O4S. The summed E-state index contributed by atoms with van der Waals surface area (Å²) in [6.45, 7) is 4.29. The van der Waals surface area contributed by atoms with Crippen molar-refractivity contribution in [3.63, 3.8) is 0 Å². The van der Waals surface area contributed by atoms with Crippen molar-refractivity contribution in [2.45, 2.75) is 50.3 Å². The summed E-state index contributed by atoms with van der Waals surface area (Å²) in [6.07, 6.45) is 7.17. The van der Waals surface area contributed by atoms with Gasteiger partial charge in [0.2, 0.25) is 0 Å². The van der Waals surface area contributed by atoms with E-state index in [1.165, 1.54) is 37.8 Å². The lowest BCUT2D eigenvalue weighted by molar-refractivity contribution is 0.219. The van der Waals surface area contributed by atoms with Crippen molar-refractivity contribution >= 4 is 21.8 Å². The fourth-order valence-corrected chi connectivity index (χ4v) is 4.49. The van der Waals surface area contributed by atoms with Gasteiger partial charge in [-0.2, -0.15) is 8.42 Å². The summed E-state index contributed by atoms with van der Waals surface area (Å²) in [5.41, 5.74) is 0.698. The lowest BCUT2D eigenvalue weighted by atomic mass is 10.1. The number of benzene rings is 2. The number of amides is 2. The van der Waals surface area contributed by atoms with Crippen LogP contribution in [0.1, 0.15) is 45.4 Å². The normalized spacial score (nSPS) is 14.4. The average Bonchev–Trinajstić information content (AvgIpc) is 3.11. The van der Waals surface area contributed by atoms with Gasteiger partial charge in [-0.1, -0.05) is 57.2 Å². The molecule has 2 aromatic carbocycles. The second kappa shape index (κ2) is 10.5. The summed E-state index contributed by atoms with van der Waals surface area (Å²) in [7, 11) is -3.91. The number of urea groups is 1. The van der Waals surface area contributed by atoms with Crippen LogP contribution in [-0.4, -0.2) is 39.0 Å². The first-order valence-corrected chi connectivity index (χ1v) is 12.1. The molecule has 1 saturated heterocycles. The number of carbonyl (C=O) groups is 1. The summed E-state index contributed by atoms with van der Waals surface area (Å²) in [4.78, 5) is 16.3. The molecule has 1 heterocycles. The van der Waals surface area contributed by atoms with Gasteiger partial charge in [-0.25, -0.2) is 4.79 Å². The van der Waals surface area contributed by atoms with E-state index in [0.717, 1.165) is 19.4 Å². The minimum Gasteiger partial charge on any atom is -0.379 e. The molecule has 162 valence electrons. The highest BCUT2D eigenvalue weighted by Crippen LogP contribution is 2.24. The van der Waals surface area contributed by atoms with Crippen molar-refractivity contribution in [2.24, 2.45) is 0 Å². The maximum Gasteiger partial charge on any atom is 0.339 e. The van der Waals surface area contributed by atoms with Gasteiger partial charge in [0.05, 0.1) is 0 Å². The number of nitrogens with zero attached hydrogens (tertiary/aromatic N) is 2. The third kappa shape index (κ3) is 5.75. The van der Waals surface area contributed by atoms with Gasteiger partial charge < -0.3 is 9.08 Å². The molecule has 1 aliphatic rings. The van der Waals surface area contributed by atoms with Crippen LogP contribution < -0.4 is 9.08 Å². The molecular weight excluding hydrogens is 400 g/mol. The third-order valence-electron chi connectivity index (χ3n) is 5.26. The van der Waals surface area contributed by atoms with Crippen molar-refractivity contribution in [2.75, 3.05) is 24.5 Å². The fourth-order valence-electron chi connectivity index (χ4n) is 3.56. The Morgan fingerprint density at radius 2 is 1.53 bits per heavy atom. The molecule has 1 fully saturated rings. The number of rotatable bonds is 11. The molecule has 3 rings (SSSR count). The molecule has 0 atom stereocenters. The Morgan fingerprint density at radius 3 is 2.23 bits per heavy atom. The Balaban J connectivity index is 1.55. The van der Waals surface area contributed by atoms with Crippen LogP contribution >= 0.6 is 0 Å². The number of hydrogen-bond donors (Lipinski definition) is 0. The molecule has 7 heteroatoms. The highest BCUT2D eigenvalue weighted by Gasteiger charge is 2.29. The smallest absolute Gasteiger partial charge is 0.339 e. The van der Waals surface area contributed by atoms with Crippen LogP contribution in [0.25, 0.3) is 0 Å². The molecule has 1 aliphatic heterocycles. The maximum atomic E-state index is 12.7. The van der Waals surface area contributed by atoms with E-state index in [2.05, 4.69) is 6.92 Å². The zero-order valence-corrected chi connectivity index (χ0v) is 18.3. The molecule has 6 nitrogen and oxygen atoms in total. The van der Waals surface area contributed by atoms with Crippen molar-refractivity contribution in [3.8, 4) is 5.75 Å². The maximum absolute atomic E-state index is 12.7. The SMILES string of the molecule is CCCCCCCCN1CCN(c2ccc(S(=O)(=O)Oc3ccccc3)cc2)C1=O. The van der Waals surface area contributed by atoms with E-state index in [1.807, 2.05) is 4.90 Å². The quantitative estimate of drug-likeness (QED) is 0.369. The molecule has 0 bridgehead atoms. The van der Waals surface area contributed by atoms with E-state index >= 15 is 0 Å². The van der Waals surface area contributed by atoms with Crippen LogP contribution in [-0.2, 0) is 10.1 Å². The van der Waals surface area contributed by atoms with E-state index < -0.39 is 10.1 Å². The molecule has 0 unspecified atom stereocenters. The van der Waals surface area contributed by atoms with Crippen LogP contribution in [0.5, 0.6) is 5.75 Å². The molecule has 0 radical (unpaired) electrons. The summed E-state index contributed by atoms with van der Waals surface area (Å²) in [5.74, 6) is 0.265. The summed E-state index contributed by atoms with van der Waals surface area (Å²) >= 11 is 0. The van der Waals surface area contributed by atoms with Crippen LogP contribution in [0.15, 0.2) is 59.5 Å². The van der Waals surface area contributed by atoms with Gasteiger partial charge >= 0.3 is 16.1 Å². The Hall–Kier alpha value is -2.54. The lowest BCUT2D eigenvalue weighted by Gasteiger charge is -2.19. The minimum atomic E-state index is -3.91. The van der Waals surface area contributed by atoms with E-state index in [1.54, 1.807) is 47.4 Å². The molecule has 0 aliphatic carbocycles. The minimum absolute atomic E-state index is 0.0142. The zero-order valence-electron chi connectivity index (χ0n) is 17.5. The second-order valence-electron chi connectivity index (χ2n) is 7.53. The number of unbranched alkanes of at least 4 members (excludes halogenated alkanes) is 5. The van der Waals surface area contributed by atoms with Crippen LogP contribution in [0, 0.1) is 0 Å². The van der Waals surface area contributed by atoms with Crippen molar-refractivity contribution in [1.29, 1.82) is 0 Å². The predicted molar refractivity (Wildman–Crippen MR) is 118 cm³/mol. The van der Waals surface area contributed by atoms with Gasteiger partial charge in [0, 0.05) is 25.3 Å². The monoisotopic (exact) mass is 430 g/mol. The highest BCUT2D eigenvalue weighted by atomic mass is 32.2. The standard InChI is InChI=1S/C23H30N2O4S/c1-2-3-4-5-6-10-17-24-18-19-25(23(24)26)20-13-15-22(16-14-20)30(27,28)29-21-11-8-7-9-12-21/h7-9,11-16H,2-6,10,17-19H2,1H3. The van der Waals surface area contributed by atoms with E-state index in [0.29, 0.717) is 18.8 Å². The first-order valence-electron chi connectivity index (χ1n) is 10.7. The molecule has 2 amide bonds. The fraction of sp³-hybridized carbons (Fsp3) is 0.435. The molecule has 30 heavy (non-hydrogen) atoms. The molecule has 0 N–H and O–H groups in total. The van der Waals surface area contributed by atoms with Gasteiger partial charge in [-0.15, -0.1) is 0 Å². The Labute approximate surface area is 179 Å². The van der Waals surface area contributed by atoms with E-state index in [9.17, 15) is 13.2 Å². The largest absolute Gasteiger partial charge is 0.379 e. The second-order valence-corrected chi connectivity index (χ2v) is 9.08. The number of hydrogen-bond acceptors (Lipinski definition) is 4. The van der Waals surface area contributed by atoms with Crippen molar-refractivity contribution in [1.82, 2.24) is 4.90 Å². The number of para-hydroxylation sites is 1. The summed E-state index contributed by atoms with van der Waals surface area (Å²) in [5, 5.41) is 0. The van der Waals surface area contributed by atoms with E-state index in [4.69, 9.17) is 4.18 Å². The summed E-state index contributed by atoms with van der Waals surface area (Å²) < 4.78 is 30.1. The van der Waals surface area contributed by atoms with Crippen molar-refractivity contribution < 1.29 is 17.4 Å². The molecule has 0 spiro atoms.